The van der Waals surface area contributed by atoms with E-state index in [1.54, 1.807) is 0 Å². The average Bonchev–Trinajstić information content (AvgIpc) is 2.57. The van der Waals surface area contributed by atoms with Gasteiger partial charge >= 0.3 is 5.97 Å². The number of hydrogen-bond acceptors (Lipinski definition) is 3. The van der Waals surface area contributed by atoms with Gasteiger partial charge in [-0.2, -0.15) is 0 Å². The quantitative estimate of drug-likeness (QED) is 0.711. The predicted molar refractivity (Wildman–Crippen MR) is 56.4 cm³/mol. The number of aliphatic hydroxyl groups is 1. The van der Waals surface area contributed by atoms with Crippen molar-refractivity contribution in [1.82, 2.24) is 0 Å². The van der Waals surface area contributed by atoms with Crippen LogP contribution in [-0.4, -0.2) is 18.2 Å². The Hall–Kier alpha value is -1.77. The van der Waals surface area contributed by atoms with Gasteiger partial charge in [0.15, 0.2) is 0 Å². The first-order valence-electron chi connectivity index (χ1n) is 4.74. The zero-order chi connectivity index (χ0) is 11.0. The lowest BCUT2D eigenvalue weighted by atomic mass is 10.0. The van der Waals surface area contributed by atoms with E-state index in [-0.39, 0.29) is 5.76 Å². The molecule has 0 aliphatic heterocycles. The van der Waals surface area contributed by atoms with Gasteiger partial charge in [0.2, 0.25) is 0 Å². The molecule has 3 heteroatoms. The van der Waals surface area contributed by atoms with Crippen molar-refractivity contribution in [2.45, 2.75) is 13.3 Å². The van der Waals surface area contributed by atoms with Gasteiger partial charge in [-0.05, 0) is 18.1 Å². The van der Waals surface area contributed by atoms with Crippen molar-refractivity contribution in [2.75, 3.05) is 7.11 Å². The fraction of sp³-hybridized carbons (Fsp3) is 0.250. The summed E-state index contributed by atoms with van der Waals surface area (Å²) < 4.78 is 4.62. The van der Waals surface area contributed by atoms with Crippen LogP contribution in [0.15, 0.2) is 23.8 Å². The Bertz CT molecular complexity index is 458. The molecule has 0 saturated carbocycles. The van der Waals surface area contributed by atoms with Gasteiger partial charge in [-0.3, -0.25) is 0 Å². The number of aryl methyl sites for hydroxylation is 1. The number of rotatable bonds is 1. The Morgan fingerprint density at radius 2 is 2.20 bits per heavy atom. The van der Waals surface area contributed by atoms with E-state index in [0.717, 1.165) is 16.7 Å². The normalized spacial score (nSPS) is 14.0. The third-order valence-corrected chi connectivity index (χ3v) is 2.74. The minimum atomic E-state index is -0.455. The van der Waals surface area contributed by atoms with Gasteiger partial charge in [0.05, 0.1) is 12.7 Å². The summed E-state index contributed by atoms with van der Waals surface area (Å²) in [6.45, 7) is 1.96. The standard InChI is InChI=1S/C12H12O3/c1-7-4-3-5-8-9(7)6-10(11(8)13)12(14)15-2/h3-5,13H,6H2,1-2H3. The molecule has 1 aromatic carbocycles. The molecule has 2 rings (SSSR count). The van der Waals surface area contributed by atoms with Crippen molar-refractivity contribution in [3.05, 3.63) is 40.5 Å². The molecule has 0 heterocycles. The summed E-state index contributed by atoms with van der Waals surface area (Å²) in [4.78, 5) is 11.4. The highest BCUT2D eigenvalue weighted by molar-refractivity contribution is 5.99. The summed E-state index contributed by atoms with van der Waals surface area (Å²) in [6.07, 6.45) is 0.459. The lowest BCUT2D eigenvalue weighted by molar-refractivity contribution is -0.136. The van der Waals surface area contributed by atoms with Gasteiger partial charge in [-0.1, -0.05) is 18.2 Å². The summed E-state index contributed by atoms with van der Waals surface area (Å²) in [5.74, 6) is -0.399. The molecule has 1 aliphatic carbocycles. The van der Waals surface area contributed by atoms with Crippen LogP contribution in [0.4, 0.5) is 0 Å². The van der Waals surface area contributed by atoms with E-state index < -0.39 is 5.97 Å². The largest absolute Gasteiger partial charge is 0.507 e. The number of esters is 1. The SMILES string of the molecule is COC(=O)C1=C(O)c2cccc(C)c2C1. The minimum absolute atomic E-state index is 0.0561. The zero-order valence-corrected chi connectivity index (χ0v) is 8.70. The van der Waals surface area contributed by atoms with Crippen LogP contribution in [0.3, 0.4) is 0 Å². The van der Waals surface area contributed by atoms with Gasteiger partial charge in [-0.15, -0.1) is 0 Å². The molecular weight excluding hydrogens is 192 g/mol. The van der Waals surface area contributed by atoms with E-state index in [2.05, 4.69) is 4.74 Å². The highest BCUT2D eigenvalue weighted by Crippen LogP contribution is 2.33. The summed E-state index contributed by atoms with van der Waals surface area (Å²) in [6, 6.07) is 5.64. The predicted octanol–water partition coefficient (Wildman–Crippen LogP) is 1.99. The monoisotopic (exact) mass is 204 g/mol. The van der Waals surface area contributed by atoms with Crippen LogP contribution in [0.5, 0.6) is 0 Å². The molecule has 0 amide bonds. The van der Waals surface area contributed by atoms with Crippen LogP contribution >= 0.6 is 0 Å². The van der Waals surface area contributed by atoms with Crippen LogP contribution in [0.2, 0.25) is 0 Å². The number of carbonyl (C=O) groups is 1. The van der Waals surface area contributed by atoms with Crippen molar-refractivity contribution < 1.29 is 14.6 Å². The molecule has 3 nitrogen and oxygen atoms in total. The lowest BCUT2D eigenvalue weighted by Crippen LogP contribution is -2.05. The number of hydrogen-bond donors (Lipinski definition) is 1. The van der Waals surface area contributed by atoms with Crippen LogP contribution in [0.25, 0.3) is 5.76 Å². The second-order valence-electron chi connectivity index (χ2n) is 3.60. The van der Waals surface area contributed by atoms with Crippen molar-refractivity contribution in [3.63, 3.8) is 0 Å². The molecular formula is C12H12O3. The van der Waals surface area contributed by atoms with E-state index in [1.165, 1.54) is 7.11 Å². The van der Waals surface area contributed by atoms with E-state index in [9.17, 15) is 9.90 Å². The molecule has 0 spiro atoms. The topological polar surface area (TPSA) is 46.5 Å². The first kappa shape index (κ1) is 9.77. The number of fused-ring (bicyclic) bond motifs is 1. The molecule has 0 atom stereocenters. The molecule has 1 aromatic rings. The third-order valence-electron chi connectivity index (χ3n) is 2.74. The van der Waals surface area contributed by atoms with E-state index in [0.29, 0.717) is 12.0 Å². The van der Waals surface area contributed by atoms with Crippen molar-refractivity contribution in [1.29, 1.82) is 0 Å². The Labute approximate surface area is 88.0 Å². The Morgan fingerprint density at radius 3 is 2.80 bits per heavy atom. The molecule has 1 aliphatic rings. The summed E-state index contributed by atoms with van der Waals surface area (Å²) >= 11 is 0. The number of methoxy groups -OCH3 is 1. The Balaban J connectivity index is 2.49. The third kappa shape index (κ3) is 1.40. The minimum Gasteiger partial charge on any atom is -0.507 e. The van der Waals surface area contributed by atoms with Crippen LogP contribution in [0, 0.1) is 6.92 Å². The van der Waals surface area contributed by atoms with E-state index >= 15 is 0 Å². The molecule has 0 unspecified atom stereocenters. The first-order valence-corrected chi connectivity index (χ1v) is 4.74. The molecule has 0 aromatic heterocycles. The zero-order valence-electron chi connectivity index (χ0n) is 8.70. The smallest absolute Gasteiger partial charge is 0.337 e. The molecule has 0 saturated heterocycles. The molecule has 78 valence electrons. The van der Waals surface area contributed by atoms with Crippen molar-refractivity contribution in [3.8, 4) is 0 Å². The van der Waals surface area contributed by atoms with E-state index in [4.69, 9.17) is 0 Å². The molecule has 0 radical (unpaired) electrons. The number of carbonyl (C=O) groups excluding carboxylic acids is 1. The van der Waals surface area contributed by atoms with Crippen LogP contribution in [-0.2, 0) is 16.0 Å². The summed E-state index contributed by atoms with van der Waals surface area (Å²) in [5.41, 5.74) is 3.19. The molecule has 15 heavy (non-hydrogen) atoms. The maximum Gasteiger partial charge on any atom is 0.337 e. The maximum absolute atomic E-state index is 11.4. The van der Waals surface area contributed by atoms with Gasteiger partial charge in [0.1, 0.15) is 5.76 Å². The first-order chi connectivity index (χ1) is 7.15. The fourth-order valence-electron chi connectivity index (χ4n) is 1.87. The highest BCUT2D eigenvalue weighted by atomic mass is 16.5. The lowest BCUT2D eigenvalue weighted by Gasteiger charge is -2.02. The second kappa shape index (κ2) is 3.42. The Kier molecular flexibility index (Phi) is 2.23. The van der Waals surface area contributed by atoms with Gasteiger partial charge < -0.3 is 9.84 Å². The molecule has 1 N–H and O–H groups in total. The van der Waals surface area contributed by atoms with Gasteiger partial charge in [0, 0.05) is 12.0 Å². The van der Waals surface area contributed by atoms with Crippen molar-refractivity contribution in [2.24, 2.45) is 0 Å². The maximum atomic E-state index is 11.4. The number of benzene rings is 1. The fourth-order valence-corrected chi connectivity index (χ4v) is 1.87. The number of ether oxygens (including phenoxy) is 1. The van der Waals surface area contributed by atoms with Crippen LogP contribution in [0.1, 0.15) is 16.7 Å². The summed E-state index contributed by atoms with van der Waals surface area (Å²) in [7, 11) is 1.32. The highest BCUT2D eigenvalue weighted by Gasteiger charge is 2.27. The molecule has 0 fully saturated rings. The van der Waals surface area contributed by atoms with Gasteiger partial charge in [0.25, 0.3) is 0 Å². The van der Waals surface area contributed by atoms with Gasteiger partial charge in [-0.25, -0.2) is 4.79 Å². The van der Waals surface area contributed by atoms with Crippen molar-refractivity contribution >= 4 is 11.7 Å². The Morgan fingerprint density at radius 1 is 1.47 bits per heavy atom. The number of aliphatic hydroxyl groups excluding tert-OH is 1. The van der Waals surface area contributed by atoms with Crippen LogP contribution < -0.4 is 0 Å². The summed E-state index contributed by atoms with van der Waals surface area (Å²) in [5, 5.41) is 9.85. The average molecular weight is 204 g/mol. The van der Waals surface area contributed by atoms with E-state index in [1.807, 2.05) is 25.1 Å². The molecule has 0 bridgehead atoms. The second-order valence-corrected chi connectivity index (χ2v) is 3.60.